The molecule has 3 nitrogen and oxygen atoms in total. The molecule has 2 aromatic carbocycles. The molecule has 8 heteroatoms. The van der Waals surface area contributed by atoms with E-state index in [4.69, 9.17) is 17.0 Å². The third-order valence-electron chi connectivity index (χ3n) is 4.99. The molecule has 0 bridgehead atoms. The summed E-state index contributed by atoms with van der Waals surface area (Å²) >= 11 is 5.33. The summed E-state index contributed by atoms with van der Waals surface area (Å²) in [7, 11) is 1.26. The zero-order valence-electron chi connectivity index (χ0n) is 15.6. The molecule has 1 aliphatic rings. The van der Waals surface area contributed by atoms with Gasteiger partial charge in [0.25, 0.3) is 0 Å². The van der Waals surface area contributed by atoms with E-state index in [0.717, 1.165) is 6.07 Å². The van der Waals surface area contributed by atoms with Crippen LogP contribution in [0.15, 0.2) is 42.5 Å². The molecule has 0 amide bonds. The van der Waals surface area contributed by atoms with Gasteiger partial charge in [-0.15, -0.1) is 0 Å². The second-order valence-electron chi connectivity index (χ2n) is 6.83. The van der Waals surface area contributed by atoms with Crippen molar-refractivity contribution in [3.8, 4) is 0 Å². The van der Waals surface area contributed by atoms with Gasteiger partial charge in [0.15, 0.2) is 0 Å². The van der Waals surface area contributed by atoms with Crippen molar-refractivity contribution in [3.05, 3.63) is 70.5 Å². The third kappa shape index (κ3) is 4.75. The van der Waals surface area contributed by atoms with E-state index in [-0.39, 0.29) is 29.0 Å². The van der Waals surface area contributed by atoms with Crippen LogP contribution in [-0.2, 0) is 28.5 Å². The van der Waals surface area contributed by atoms with Crippen molar-refractivity contribution < 1.29 is 27.1 Å². The number of halogens is 4. The van der Waals surface area contributed by atoms with E-state index < -0.39 is 29.6 Å². The van der Waals surface area contributed by atoms with Crippen LogP contribution in [0.5, 0.6) is 0 Å². The summed E-state index contributed by atoms with van der Waals surface area (Å²) in [4.78, 5) is 13.5. The number of benzene rings is 2. The average molecular weight is 425 g/mol. The monoisotopic (exact) mass is 425 g/mol. The Labute approximate surface area is 171 Å². The molecule has 3 rings (SSSR count). The Hall–Kier alpha value is -2.48. The van der Waals surface area contributed by atoms with Crippen LogP contribution < -0.4 is 0 Å². The molecular weight excluding hydrogens is 406 g/mol. The highest BCUT2D eigenvalue weighted by Crippen LogP contribution is 2.34. The number of aryl methyl sites for hydroxylation is 2. The number of likely N-dealkylation sites (tertiary alicyclic amines) is 1. The number of methoxy groups -OCH3 is 1. The maximum absolute atomic E-state index is 13.6. The first kappa shape index (κ1) is 21.2. The fourth-order valence-electron chi connectivity index (χ4n) is 3.34. The molecule has 0 saturated carbocycles. The minimum Gasteiger partial charge on any atom is -0.467 e. The molecule has 1 atom stereocenters. The number of hydrogen-bond acceptors (Lipinski definition) is 3. The van der Waals surface area contributed by atoms with Crippen molar-refractivity contribution >= 4 is 23.2 Å². The van der Waals surface area contributed by atoms with Crippen molar-refractivity contribution in [2.45, 2.75) is 31.5 Å². The quantitative estimate of drug-likeness (QED) is 0.399. The first-order chi connectivity index (χ1) is 13.7. The summed E-state index contributed by atoms with van der Waals surface area (Å²) < 4.78 is 58.9. The molecule has 1 saturated heterocycles. The van der Waals surface area contributed by atoms with Gasteiger partial charge in [-0.25, -0.2) is 9.18 Å². The Balaban J connectivity index is 1.82. The highest BCUT2D eigenvalue weighted by atomic mass is 32.1. The van der Waals surface area contributed by atoms with Crippen molar-refractivity contribution in [3.63, 3.8) is 0 Å². The highest BCUT2D eigenvalue weighted by molar-refractivity contribution is 7.80. The number of ether oxygens (including phenoxy) is 1. The minimum atomic E-state index is -4.56. The topological polar surface area (TPSA) is 29.5 Å². The maximum atomic E-state index is 13.6. The van der Waals surface area contributed by atoms with Crippen molar-refractivity contribution in [1.82, 2.24) is 4.90 Å². The second kappa shape index (κ2) is 8.49. The molecule has 1 fully saturated rings. The van der Waals surface area contributed by atoms with Gasteiger partial charge in [-0.1, -0.05) is 36.5 Å². The first-order valence-corrected chi connectivity index (χ1v) is 9.45. The summed E-state index contributed by atoms with van der Waals surface area (Å²) in [5.74, 6) is -0.879. The lowest BCUT2D eigenvalue weighted by Gasteiger charge is -2.40. The number of rotatable bonds is 5. The predicted octanol–water partition coefficient (Wildman–Crippen LogP) is 4.55. The SMILES string of the molecule is COC(=O)C1CCN1C(=S)c1ccc(CCc2cccc(F)c2)c(C(F)(F)F)c1. The average Bonchev–Trinajstić information content (AvgIpc) is 2.64. The lowest BCUT2D eigenvalue weighted by Crippen LogP contribution is -2.55. The van der Waals surface area contributed by atoms with E-state index in [9.17, 15) is 22.4 Å². The Kier molecular flexibility index (Phi) is 6.21. The second-order valence-corrected chi connectivity index (χ2v) is 7.21. The standard InChI is InChI=1S/C21H19F4NO2S/c1-28-20(27)18-9-10-26(18)19(29)15-8-7-14(17(12-15)21(23,24)25)6-5-13-3-2-4-16(22)11-13/h2-4,7-8,11-12,18H,5-6,9-10H2,1H3. The van der Waals surface area contributed by atoms with E-state index in [2.05, 4.69) is 0 Å². The molecule has 0 aromatic heterocycles. The highest BCUT2D eigenvalue weighted by Gasteiger charge is 2.38. The zero-order chi connectivity index (χ0) is 21.2. The Morgan fingerprint density at radius 1 is 1.21 bits per heavy atom. The van der Waals surface area contributed by atoms with E-state index in [1.54, 1.807) is 11.0 Å². The van der Waals surface area contributed by atoms with Crippen LogP contribution in [0.2, 0.25) is 0 Å². The molecule has 0 radical (unpaired) electrons. The smallest absolute Gasteiger partial charge is 0.416 e. The molecule has 1 unspecified atom stereocenters. The first-order valence-electron chi connectivity index (χ1n) is 9.04. The lowest BCUT2D eigenvalue weighted by molar-refractivity contribution is -0.148. The molecule has 2 aromatic rings. The number of nitrogens with zero attached hydrogens (tertiary/aromatic N) is 1. The predicted molar refractivity (Wildman–Crippen MR) is 104 cm³/mol. The van der Waals surface area contributed by atoms with Gasteiger partial charge in [0.2, 0.25) is 0 Å². The van der Waals surface area contributed by atoms with Crippen LogP contribution in [0.3, 0.4) is 0 Å². The largest absolute Gasteiger partial charge is 0.467 e. The number of carbonyl (C=O) groups excluding carboxylic acids is 1. The van der Waals surface area contributed by atoms with Crippen LogP contribution >= 0.6 is 12.2 Å². The molecule has 1 aliphatic heterocycles. The summed E-state index contributed by atoms with van der Waals surface area (Å²) in [6, 6.07) is 9.20. The van der Waals surface area contributed by atoms with E-state index in [0.29, 0.717) is 18.5 Å². The number of esters is 1. The molecule has 0 spiro atoms. The molecule has 0 aliphatic carbocycles. The van der Waals surface area contributed by atoms with Crippen LogP contribution in [0.4, 0.5) is 17.6 Å². The molecule has 0 N–H and O–H groups in total. The van der Waals surface area contributed by atoms with Crippen molar-refractivity contribution in [1.29, 1.82) is 0 Å². The zero-order valence-corrected chi connectivity index (χ0v) is 16.4. The Morgan fingerprint density at radius 2 is 1.97 bits per heavy atom. The van der Waals surface area contributed by atoms with Gasteiger partial charge in [-0.2, -0.15) is 13.2 Å². The van der Waals surface area contributed by atoms with Gasteiger partial charge in [-0.05, 0) is 48.6 Å². The van der Waals surface area contributed by atoms with Crippen LogP contribution in [0.25, 0.3) is 0 Å². The van der Waals surface area contributed by atoms with Gasteiger partial charge < -0.3 is 9.64 Å². The normalized spacial score (nSPS) is 16.3. The summed E-state index contributed by atoms with van der Waals surface area (Å²) in [6.45, 7) is 0.487. The van der Waals surface area contributed by atoms with Crippen LogP contribution in [0.1, 0.15) is 28.7 Å². The molecule has 154 valence electrons. The van der Waals surface area contributed by atoms with Crippen LogP contribution in [-0.4, -0.2) is 35.6 Å². The van der Waals surface area contributed by atoms with Gasteiger partial charge in [0.1, 0.15) is 16.8 Å². The molecule has 1 heterocycles. The maximum Gasteiger partial charge on any atom is 0.416 e. The molecular formula is C21H19F4NO2S. The number of hydrogen-bond donors (Lipinski definition) is 0. The fourth-order valence-corrected chi connectivity index (χ4v) is 3.69. The summed E-state index contributed by atoms with van der Waals surface area (Å²) in [5, 5.41) is 0. The van der Waals surface area contributed by atoms with E-state index in [1.807, 2.05) is 0 Å². The summed E-state index contributed by atoms with van der Waals surface area (Å²) in [6.07, 6.45) is -3.62. The summed E-state index contributed by atoms with van der Waals surface area (Å²) in [5.41, 5.74) is 0.194. The molecule has 29 heavy (non-hydrogen) atoms. The number of alkyl halides is 3. The van der Waals surface area contributed by atoms with Crippen molar-refractivity contribution in [2.24, 2.45) is 0 Å². The van der Waals surface area contributed by atoms with Gasteiger partial charge in [0.05, 0.1) is 12.7 Å². The Morgan fingerprint density at radius 3 is 2.55 bits per heavy atom. The number of thiocarbonyl (C=S) groups is 1. The number of carbonyl (C=O) groups is 1. The van der Waals surface area contributed by atoms with Gasteiger partial charge in [-0.3, -0.25) is 0 Å². The third-order valence-corrected chi connectivity index (χ3v) is 5.46. The van der Waals surface area contributed by atoms with Gasteiger partial charge >= 0.3 is 12.1 Å². The fraction of sp³-hybridized carbons (Fsp3) is 0.333. The van der Waals surface area contributed by atoms with E-state index >= 15 is 0 Å². The lowest BCUT2D eigenvalue weighted by atomic mass is 9.96. The Bertz CT molecular complexity index is 929. The van der Waals surface area contributed by atoms with Gasteiger partial charge in [0, 0.05) is 12.1 Å². The van der Waals surface area contributed by atoms with Crippen molar-refractivity contribution in [2.75, 3.05) is 13.7 Å². The van der Waals surface area contributed by atoms with E-state index in [1.165, 1.54) is 37.4 Å². The van der Waals surface area contributed by atoms with Crippen LogP contribution in [0, 0.1) is 5.82 Å². The minimum absolute atomic E-state index is 0.111.